The molecule has 0 saturated carbocycles. The zero-order valence-electron chi connectivity index (χ0n) is 9.61. The molecule has 0 amide bonds. The van der Waals surface area contributed by atoms with Crippen LogP contribution in [-0.2, 0) is 0 Å². The van der Waals surface area contributed by atoms with Gasteiger partial charge in [0.2, 0.25) is 0 Å². The van der Waals surface area contributed by atoms with E-state index < -0.39 is 0 Å². The first kappa shape index (κ1) is 13.3. The SMILES string of the molecule is C=CCNC(=S)Nc1ccc(OCC=C)cc1. The fourth-order valence-electron chi connectivity index (χ4n) is 1.13. The summed E-state index contributed by atoms with van der Waals surface area (Å²) < 4.78 is 5.37. The van der Waals surface area contributed by atoms with Gasteiger partial charge < -0.3 is 15.4 Å². The molecule has 0 atom stereocenters. The zero-order chi connectivity index (χ0) is 12.5. The Morgan fingerprint density at radius 2 is 1.94 bits per heavy atom. The average molecular weight is 248 g/mol. The van der Waals surface area contributed by atoms with E-state index in [1.54, 1.807) is 12.2 Å². The Bertz CT molecular complexity index is 387. The molecule has 90 valence electrons. The minimum atomic E-state index is 0.506. The summed E-state index contributed by atoms with van der Waals surface area (Å²) in [5, 5.41) is 6.62. The molecule has 17 heavy (non-hydrogen) atoms. The molecule has 0 aliphatic carbocycles. The predicted molar refractivity (Wildman–Crippen MR) is 76.6 cm³/mol. The molecule has 1 aromatic rings. The first-order chi connectivity index (χ1) is 8.26. The van der Waals surface area contributed by atoms with Crippen LogP contribution in [0.15, 0.2) is 49.6 Å². The minimum Gasteiger partial charge on any atom is -0.490 e. The molecule has 0 aliphatic rings. The molecule has 0 radical (unpaired) electrons. The van der Waals surface area contributed by atoms with Gasteiger partial charge in [0.05, 0.1) is 0 Å². The summed E-state index contributed by atoms with van der Waals surface area (Å²) in [6, 6.07) is 7.56. The third-order valence-electron chi connectivity index (χ3n) is 1.89. The molecule has 2 N–H and O–H groups in total. The highest BCUT2D eigenvalue weighted by molar-refractivity contribution is 7.80. The van der Waals surface area contributed by atoms with Gasteiger partial charge in [-0.1, -0.05) is 18.7 Å². The smallest absolute Gasteiger partial charge is 0.171 e. The second-order valence-electron chi connectivity index (χ2n) is 3.25. The lowest BCUT2D eigenvalue weighted by Gasteiger charge is -2.09. The molecule has 0 saturated heterocycles. The van der Waals surface area contributed by atoms with E-state index in [4.69, 9.17) is 17.0 Å². The molecule has 0 unspecified atom stereocenters. The number of hydrogen-bond acceptors (Lipinski definition) is 2. The minimum absolute atomic E-state index is 0.506. The monoisotopic (exact) mass is 248 g/mol. The first-order valence-corrected chi connectivity index (χ1v) is 5.66. The van der Waals surface area contributed by atoms with Crippen LogP contribution >= 0.6 is 12.2 Å². The second-order valence-corrected chi connectivity index (χ2v) is 3.66. The van der Waals surface area contributed by atoms with E-state index in [0.717, 1.165) is 11.4 Å². The maximum absolute atomic E-state index is 5.37. The van der Waals surface area contributed by atoms with Crippen molar-refractivity contribution < 1.29 is 4.74 Å². The van der Waals surface area contributed by atoms with Crippen molar-refractivity contribution in [2.24, 2.45) is 0 Å². The van der Waals surface area contributed by atoms with E-state index in [1.165, 1.54) is 0 Å². The number of thiocarbonyl (C=S) groups is 1. The van der Waals surface area contributed by atoms with Crippen LogP contribution < -0.4 is 15.4 Å². The summed E-state index contributed by atoms with van der Waals surface area (Å²) in [5.41, 5.74) is 0.914. The lowest BCUT2D eigenvalue weighted by atomic mass is 10.3. The van der Waals surface area contributed by atoms with Crippen LogP contribution in [0.1, 0.15) is 0 Å². The van der Waals surface area contributed by atoms with Crippen LogP contribution in [-0.4, -0.2) is 18.3 Å². The van der Waals surface area contributed by atoms with Crippen LogP contribution in [0.2, 0.25) is 0 Å². The molecular formula is C13H16N2OS. The van der Waals surface area contributed by atoms with Crippen LogP contribution in [0.25, 0.3) is 0 Å². The van der Waals surface area contributed by atoms with E-state index >= 15 is 0 Å². The van der Waals surface area contributed by atoms with Crippen molar-refractivity contribution in [1.82, 2.24) is 5.32 Å². The first-order valence-electron chi connectivity index (χ1n) is 5.25. The van der Waals surface area contributed by atoms with E-state index in [-0.39, 0.29) is 0 Å². The van der Waals surface area contributed by atoms with E-state index in [2.05, 4.69) is 23.8 Å². The molecule has 0 fully saturated rings. The fraction of sp³-hybridized carbons (Fsp3) is 0.154. The van der Waals surface area contributed by atoms with Gasteiger partial charge in [0, 0.05) is 12.2 Å². The summed E-state index contributed by atoms with van der Waals surface area (Å²) in [6.07, 6.45) is 3.46. The maximum Gasteiger partial charge on any atom is 0.171 e. The number of nitrogens with one attached hydrogen (secondary N) is 2. The van der Waals surface area contributed by atoms with Crippen LogP contribution in [0.3, 0.4) is 0 Å². The van der Waals surface area contributed by atoms with Crippen molar-refractivity contribution in [3.8, 4) is 5.75 Å². The largest absolute Gasteiger partial charge is 0.490 e. The lowest BCUT2D eigenvalue weighted by Crippen LogP contribution is -2.28. The van der Waals surface area contributed by atoms with Gasteiger partial charge in [-0.15, -0.1) is 6.58 Å². The van der Waals surface area contributed by atoms with Gasteiger partial charge in [0.15, 0.2) is 5.11 Å². The highest BCUT2D eigenvalue weighted by atomic mass is 32.1. The summed E-state index contributed by atoms with van der Waals surface area (Å²) >= 11 is 5.09. The normalized spacial score (nSPS) is 9.18. The van der Waals surface area contributed by atoms with Crippen molar-refractivity contribution in [3.63, 3.8) is 0 Å². The third-order valence-corrected chi connectivity index (χ3v) is 2.13. The Labute approximate surface area is 107 Å². The zero-order valence-corrected chi connectivity index (χ0v) is 10.4. The van der Waals surface area contributed by atoms with Crippen LogP contribution in [0.5, 0.6) is 5.75 Å². The Hall–Kier alpha value is -1.81. The highest BCUT2D eigenvalue weighted by Gasteiger charge is 1.97. The Kier molecular flexibility index (Phi) is 5.82. The average Bonchev–Trinajstić information content (AvgIpc) is 2.35. The number of anilines is 1. The Morgan fingerprint density at radius 3 is 2.53 bits per heavy atom. The molecule has 0 bridgehead atoms. The van der Waals surface area contributed by atoms with Gasteiger partial charge >= 0.3 is 0 Å². The molecule has 0 aliphatic heterocycles. The molecule has 4 heteroatoms. The van der Waals surface area contributed by atoms with Gasteiger partial charge in [-0.3, -0.25) is 0 Å². The molecule has 0 spiro atoms. The standard InChI is InChI=1S/C13H16N2OS/c1-3-9-14-13(17)15-11-5-7-12(8-6-11)16-10-4-2/h3-8H,1-2,9-10H2,(H2,14,15,17). The lowest BCUT2D eigenvalue weighted by molar-refractivity contribution is 0.363. The number of ether oxygens (including phenoxy) is 1. The fourth-order valence-corrected chi connectivity index (χ4v) is 1.33. The molecule has 1 aromatic carbocycles. The van der Waals surface area contributed by atoms with Crippen molar-refractivity contribution >= 4 is 23.0 Å². The third kappa shape index (κ3) is 5.17. The highest BCUT2D eigenvalue weighted by Crippen LogP contribution is 2.15. The second kappa shape index (κ2) is 7.46. The Balaban J connectivity index is 2.47. The van der Waals surface area contributed by atoms with Crippen LogP contribution in [0.4, 0.5) is 5.69 Å². The number of benzene rings is 1. The summed E-state index contributed by atoms with van der Waals surface area (Å²) in [6.45, 7) is 8.35. The van der Waals surface area contributed by atoms with Gasteiger partial charge in [-0.05, 0) is 36.5 Å². The van der Waals surface area contributed by atoms with E-state index in [1.807, 2.05) is 24.3 Å². The summed E-state index contributed by atoms with van der Waals surface area (Å²) in [4.78, 5) is 0. The van der Waals surface area contributed by atoms with E-state index in [0.29, 0.717) is 18.3 Å². The Morgan fingerprint density at radius 1 is 1.24 bits per heavy atom. The van der Waals surface area contributed by atoms with Crippen molar-refractivity contribution in [2.45, 2.75) is 0 Å². The number of hydrogen-bond donors (Lipinski definition) is 2. The van der Waals surface area contributed by atoms with Gasteiger partial charge in [0.1, 0.15) is 12.4 Å². The molecule has 0 aromatic heterocycles. The molecule has 0 heterocycles. The molecule has 3 nitrogen and oxygen atoms in total. The number of rotatable bonds is 6. The quantitative estimate of drug-likeness (QED) is 0.599. The van der Waals surface area contributed by atoms with Crippen molar-refractivity contribution in [2.75, 3.05) is 18.5 Å². The van der Waals surface area contributed by atoms with E-state index in [9.17, 15) is 0 Å². The maximum atomic E-state index is 5.37. The van der Waals surface area contributed by atoms with Crippen molar-refractivity contribution in [3.05, 3.63) is 49.6 Å². The predicted octanol–water partition coefficient (Wildman–Crippen LogP) is 2.72. The van der Waals surface area contributed by atoms with Gasteiger partial charge in [-0.25, -0.2) is 0 Å². The topological polar surface area (TPSA) is 33.3 Å². The van der Waals surface area contributed by atoms with Crippen molar-refractivity contribution in [1.29, 1.82) is 0 Å². The molecular weight excluding hydrogens is 232 g/mol. The summed E-state index contributed by atoms with van der Waals surface area (Å²) in [5.74, 6) is 0.806. The van der Waals surface area contributed by atoms with Gasteiger partial charge in [0.25, 0.3) is 0 Å². The van der Waals surface area contributed by atoms with Gasteiger partial charge in [-0.2, -0.15) is 0 Å². The van der Waals surface area contributed by atoms with Crippen LogP contribution in [0, 0.1) is 0 Å². The summed E-state index contributed by atoms with van der Waals surface area (Å²) in [7, 11) is 0. The molecule has 1 rings (SSSR count).